The molecule has 36 heavy (non-hydrogen) atoms. The number of hydrogen-bond acceptors (Lipinski definition) is 8. The molecular weight excluding hydrogens is 466 g/mol. The van der Waals surface area contributed by atoms with Crippen molar-refractivity contribution in [2.75, 3.05) is 79.1 Å². The molecule has 1 unspecified atom stereocenters. The van der Waals surface area contributed by atoms with Gasteiger partial charge in [-0.15, -0.1) is 0 Å². The van der Waals surface area contributed by atoms with Gasteiger partial charge < -0.3 is 34.3 Å². The summed E-state index contributed by atoms with van der Waals surface area (Å²) in [5.74, 6) is 1.06. The van der Waals surface area contributed by atoms with Gasteiger partial charge in [-0.05, 0) is 30.8 Å². The summed E-state index contributed by atoms with van der Waals surface area (Å²) in [4.78, 5) is 14.6. The number of carbonyl (C=O) groups is 1. The molecule has 0 aromatic rings. The quantitative estimate of drug-likeness (QED) is 0.0625. The predicted octanol–water partition coefficient (Wildman–Crippen LogP) is 3.45. The first-order valence-corrected chi connectivity index (χ1v) is 12.9. The summed E-state index contributed by atoms with van der Waals surface area (Å²) in [5, 5.41) is 9.89. The van der Waals surface area contributed by atoms with Crippen molar-refractivity contribution in [3.05, 3.63) is 22.6 Å². The van der Waals surface area contributed by atoms with Gasteiger partial charge in [0.15, 0.2) is 0 Å². The largest absolute Gasteiger partial charge is 0.379 e. The maximum absolute atomic E-state index is 11.7. The number of ether oxygens (including phenoxy) is 5. The normalized spacial score (nSPS) is 13.3. The molecule has 0 aromatic heterocycles. The van der Waals surface area contributed by atoms with Crippen LogP contribution in [0.1, 0.15) is 47.5 Å². The molecule has 0 heterocycles. The smallest absolute Gasteiger partial charge is 0.222 e. The topological polar surface area (TPSA) is 136 Å². The summed E-state index contributed by atoms with van der Waals surface area (Å²) in [7, 11) is 0. The van der Waals surface area contributed by atoms with Crippen molar-refractivity contribution in [2.45, 2.75) is 53.2 Å². The maximum Gasteiger partial charge on any atom is 0.222 e. The van der Waals surface area contributed by atoms with Crippen LogP contribution >= 0.6 is 0 Å². The van der Waals surface area contributed by atoms with Gasteiger partial charge >= 0.3 is 0 Å². The number of carbonyl (C=O) groups excluding carboxylic acids is 1. The van der Waals surface area contributed by atoms with E-state index in [1.165, 1.54) is 0 Å². The molecule has 0 fully saturated rings. The van der Waals surface area contributed by atoms with E-state index in [2.05, 4.69) is 48.4 Å². The Bertz CT molecular complexity index is 614. The molecule has 0 radical (unpaired) electrons. The van der Waals surface area contributed by atoms with E-state index in [9.17, 15) is 4.79 Å². The van der Waals surface area contributed by atoms with E-state index >= 15 is 0 Å². The van der Waals surface area contributed by atoms with Crippen LogP contribution in [0.15, 0.2) is 17.3 Å². The molecule has 11 heteroatoms. The fraction of sp³-hybridized carbons (Fsp3) is 0.880. The van der Waals surface area contributed by atoms with E-state index in [1.54, 1.807) is 6.92 Å². The first-order valence-electron chi connectivity index (χ1n) is 12.9. The minimum absolute atomic E-state index is 0.0408. The van der Waals surface area contributed by atoms with Crippen LogP contribution in [0.3, 0.4) is 0 Å². The van der Waals surface area contributed by atoms with Crippen LogP contribution < -0.4 is 10.6 Å². The van der Waals surface area contributed by atoms with Crippen LogP contribution in [0.4, 0.5) is 0 Å². The molecule has 0 saturated carbocycles. The Balaban J connectivity index is 3.71. The van der Waals surface area contributed by atoms with Gasteiger partial charge in [0.05, 0.1) is 52.9 Å². The van der Waals surface area contributed by atoms with Gasteiger partial charge in [0, 0.05) is 37.4 Å². The number of nitrogens with one attached hydrogen (secondary N) is 2. The van der Waals surface area contributed by atoms with Gasteiger partial charge in [-0.25, -0.2) is 0 Å². The van der Waals surface area contributed by atoms with Crippen LogP contribution in [0.2, 0.25) is 0 Å². The number of rotatable bonds is 25. The van der Waals surface area contributed by atoms with Crippen LogP contribution in [-0.4, -0.2) is 90.7 Å². The molecule has 0 aromatic carbocycles. The van der Waals surface area contributed by atoms with E-state index in [4.69, 9.17) is 29.2 Å². The lowest BCUT2D eigenvalue weighted by atomic mass is 10.2. The Labute approximate surface area is 217 Å². The molecule has 0 aliphatic heterocycles. The number of hydrogen-bond donors (Lipinski definition) is 2. The molecule has 2 N–H and O–H groups in total. The monoisotopic (exact) mass is 515 g/mol. The van der Waals surface area contributed by atoms with Crippen molar-refractivity contribution < 1.29 is 28.5 Å². The Morgan fingerprint density at radius 1 is 0.944 bits per heavy atom. The molecule has 210 valence electrons. The van der Waals surface area contributed by atoms with Crippen molar-refractivity contribution >= 4 is 5.91 Å². The highest BCUT2D eigenvalue weighted by Gasteiger charge is 2.23. The third-order valence-electron chi connectivity index (χ3n) is 4.74. The summed E-state index contributed by atoms with van der Waals surface area (Å²) < 4.78 is 27.7. The lowest BCUT2D eigenvalue weighted by molar-refractivity contribution is -0.122. The van der Waals surface area contributed by atoms with Crippen molar-refractivity contribution in [1.82, 2.24) is 10.6 Å². The third kappa shape index (κ3) is 24.0. The van der Waals surface area contributed by atoms with Gasteiger partial charge in [-0.3, -0.25) is 4.79 Å². The molecule has 0 saturated heterocycles. The van der Waals surface area contributed by atoms with E-state index in [0.717, 1.165) is 13.1 Å². The Morgan fingerprint density at radius 2 is 1.56 bits per heavy atom. The minimum Gasteiger partial charge on any atom is -0.379 e. The zero-order chi connectivity index (χ0) is 26.9. The van der Waals surface area contributed by atoms with Gasteiger partial charge in [-0.2, -0.15) is 0 Å². The Hall–Kier alpha value is -1.72. The zero-order valence-electron chi connectivity index (χ0n) is 23.0. The van der Waals surface area contributed by atoms with Crippen molar-refractivity contribution in [1.29, 1.82) is 0 Å². The molecule has 1 amide bonds. The standard InChI is InChI=1S/C25H49N5O6/c1-22(2)7-6-10-28-24(31)8-12-32-15-18-35-19-20-36-25(5,29-30-26)9-13-33-16-17-34-14-11-27-21-23(3)4/h6-7,22-23,27H,8-21H2,1-5H3,(H,28,31)/b7-6+. The third-order valence-corrected chi connectivity index (χ3v) is 4.74. The molecular formula is C25H49N5O6. The summed E-state index contributed by atoms with van der Waals surface area (Å²) >= 11 is 0. The second kappa shape index (κ2) is 23.7. The average molecular weight is 516 g/mol. The summed E-state index contributed by atoms with van der Waals surface area (Å²) in [6.45, 7) is 16.3. The molecule has 1 atom stereocenters. The number of allylic oxidation sites excluding steroid dienone is 1. The number of nitrogens with zero attached hydrogens (tertiary/aromatic N) is 3. The fourth-order valence-electron chi connectivity index (χ4n) is 2.77. The predicted molar refractivity (Wildman–Crippen MR) is 141 cm³/mol. The fourth-order valence-corrected chi connectivity index (χ4v) is 2.77. The van der Waals surface area contributed by atoms with Crippen molar-refractivity contribution in [2.24, 2.45) is 17.0 Å². The number of amides is 1. The summed E-state index contributed by atoms with van der Waals surface area (Å²) in [6, 6.07) is 0. The maximum atomic E-state index is 11.7. The van der Waals surface area contributed by atoms with Crippen LogP contribution in [0.5, 0.6) is 0 Å². The second-order valence-corrected chi connectivity index (χ2v) is 9.24. The summed E-state index contributed by atoms with van der Waals surface area (Å²) in [5.41, 5.74) is 7.85. The average Bonchev–Trinajstić information content (AvgIpc) is 2.82. The van der Waals surface area contributed by atoms with E-state index in [1.807, 2.05) is 12.2 Å². The van der Waals surface area contributed by atoms with Crippen LogP contribution in [0.25, 0.3) is 10.4 Å². The molecule has 11 nitrogen and oxygen atoms in total. The second-order valence-electron chi connectivity index (χ2n) is 9.24. The van der Waals surface area contributed by atoms with Gasteiger partial charge in [0.25, 0.3) is 0 Å². The van der Waals surface area contributed by atoms with Gasteiger partial charge in [0.1, 0.15) is 5.72 Å². The lowest BCUT2D eigenvalue weighted by Gasteiger charge is -2.24. The Kier molecular flexibility index (Phi) is 22.5. The van der Waals surface area contributed by atoms with Gasteiger partial charge in [0.2, 0.25) is 5.91 Å². The highest BCUT2D eigenvalue weighted by molar-refractivity contribution is 5.76. The van der Waals surface area contributed by atoms with Crippen molar-refractivity contribution in [3.63, 3.8) is 0 Å². The van der Waals surface area contributed by atoms with Crippen molar-refractivity contribution in [3.8, 4) is 0 Å². The molecule has 0 rings (SSSR count). The first kappa shape index (κ1) is 34.3. The SMILES string of the molecule is CC(C)/C=C/CNC(=O)CCOCCOCCOC(C)(CCOCCOCCNCC(C)C)N=[N+]=[N-]. The number of azide groups is 1. The highest BCUT2D eigenvalue weighted by Crippen LogP contribution is 2.17. The molecule has 0 bridgehead atoms. The molecule has 0 spiro atoms. The van der Waals surface area contributed by atoms with E-state index in [-0.39, 0.29) is 12.5 Å². The zero-order valence-corrected chi connectivity index (χ0v) is 23.0. The highest BCUT2D eigenvalue weighted by atomic mass is 16.6. The molecule has 0 aliphatic rings. The first-order chi connectivity index (χ1) is 17.3. The van der Waals surface area contributed by atoms with E-state index < -0.39 is 5.72 Å². The minimum atomic E-state index is -1.01. The molecule has 0 aliphatic carbocycles. The van der Waals surface area contributed by atoms with E-state index in [0.29, 0.717) is 84.1 Å². The Morgan fingerprint density at radius 3 is 2.19 bits per heavy atom. The van der Waals surface area contributed by atoms with Crippen LogP contribution in [0, 0.1) is 11.8 Å². The lowest BCUT2D eigenvalue weighted by Crippen LogP contribution is -2.29. The summed E-state index contributed by atoms with van der Waals surface area (Å²) in [6.07, 6.45) is 4.73. The van der Waals surface area contributed by atoms with Crippen LogP contribution in [-0.2, 0) is 28.5 Å². The van der Waals surface area contributed by atoms with Gasteiger partial charge in [-0.1, -0.05) is 45.0 Å².